The molecule has 0 spiro atoms. The van der Waals surface area contributed by atoms with Crippen molar-refractivity contribution in [3.8, 4) is 5.75 Å². The van der Waals surface area contributed by atoms with Crippen LogP contribution in [0.5, 0.6) is 5.75 Å². The van der Waals surface area contributed by atoms with Crippen LogP contribution in [0.2, 0.25) is 0 Å². The Morgan fingerprint density at radius 1 is 1.25 bits per heavy atom. The Labute approximate surface area is 162 Å². The highest BCUT2D eigenvalue weighted by atomic mass is 19.1. The van der Waals surface area contributed by atoms with Crippen molar-refractivity contribution in [3.63, 3.8) is 0 Å². The number of aryl methyl sites for hydroxylation is 1. The van der Waals surface area contributed by atoms with Gasteiger partial charge in [-0.05, 0) is 43.0 Å². The molecule has 0 amide bonds. The van der Waals surface area contributed by atoms with E-state index < -0.39 is 6.10 Å². The molecule has 1 aliphatic rings. The number of pyridine rings is 1. The molecule has 0 aliphatic heterocycles. The highest BCUT2D eigenvalue weighted by Crippen LogP contribution is 2.39. The van der Waals surface area contributed by atoms with Crippen molar-refractivity contribution in [2.75, 3.05) is 7.11 Å². The van der Waals surface area contributed by atoms with Crippen molar-refractivity contribution in [2.24, 2.45) is 0 Å². The van der Waals surface area contributed by atoms with E-state index in [1.165, 1.54) is 13.2 Å². The quantitative estimate of drug-likeness (QED) is 0.539. The minimum absolute atomic E-state index is 0.237. The number of rotatable bonds is 3. The fourth-order valence-corrected chi connectivity index (χ4v) is 4.36. The molecule has 5 rings (SSSR count). The van der Waals surface area contributed by atoms with Crippen molar-refractivity contribution < 1.29 is 14.2 Å². The number of aromatic nitrogens is 2. The van der Waals surface area contributed by atoms with E-state index in [4.69, 9.17) is 9.72 Å². The molecule has 0 saturated carbocycles. The number of methoxy groups -OCH3 is 1. The summed E-state index contributed by atoms with van der Waals surface area (Å²) < 4.78 is 19.2. The van der Waals surface area contributed by atoms with E-state index in [1.807, 2.05) is 24.3 Å². The smallest absolute Gasteiger partial charge is 0.165 e. The molecule has 4 nitrogen and oxygen atoms in total. The lowest BCUT2D eigenvalue weighted by Crippen LogP contribution is -2.13. The second-order valence-corrected chi connectivity index (χ2v) is 7.39. The second kappa shape index (κ2) is 6.60. The highest BCUT2D eigenvalue weighted by molar-refractivity contribution is 6.10. The van der Waals surface area contributed by atoms with E-state index in [2.05, 4.69) is 11.1 Å². The van der Waals surface area contributed by atoms with Crippen molar-refractivity contribution in [3.05, 3.63) is 70.8 Å². The van der Waals surface area contributed by atoms with Gasteiger partial charge in [0.1, 0.15) is 0 Å². The van der Waals surface area contributed by atoms with Gasteiger partial charge >= 0.3 is 0 Å². The fourth-order valence-electron chi connectivity index (χ4n) is 4.36. The number of aliphatic hydroxyl groups is 1. The third-order valence-corrected chi connectivity index (χ3v) is 5.66. The number of aliphatic hydroxyl groups excluding tert-OH is 1. The van der Waals surface area contributed by atoms with Crippen LogP contribution >= 0.6 is 0 Å². The molecule has 2 aromatic carbocycles. The summed E-state index contributed by atoms with van der Waals surface area (Å²) in [5, 5.41) is 12.8. The van der Waals surface area contributed by atoms with Crippen LogP contribution in [0.1, 0.15) is 41.5 Å². The minimum atomic E-state index is -0.495. The second-order valence-electron chi connectivity index (χ2n) is 7.39. The predicted octanol–water partition coefficient (Wildman–Crippen LogP) is 4.82. The van der Waals surface area contributed by atoms with E-state index in [9.17, 15) is 9.50 Å². The molecule has 2 heterocycles. The van der Waals surface area contributed by atoms with Crippen LogP contribution in [-0.4, -0.2) is 22.2 Å². The maximum Gasteiger partial charge on any atom is 0.165 e. The Balaban J connectivity index is 1.73. The first-order valence-corrected chi connectivity index (χ1v) is 9.58. The average molecular weight is 376 g/mol. The lowest BCUT2D eigenvalue weighted by molar-refractivity contribution is 0.157. The normalized spacial score (nSPS) is 16.5. The third-order valence-electron chi connectivity index (χ3n) is 5.66. The molecule has 5 heteroatoms. The van der Waals surface area contributed by atoms with Crippen LogP contribution in [0, 0.1) is 5.82 Å². The number of nitrogens with one attached hydrogen (secondary N) is 1. The number of nitrogens with zero attached hydrogens (tertiary/aromatic N) is 1. The number of halogens is 1. The Morgan fingerprint density at radius 2 is 2.11 bits per heavy atom. The molecule has 0 unspecified atom stereocenters. The van der Waals surface area contributed by atoms with E-state index in [-0.39, 0.29) is 11.6 Å². The van der Waals surface area contributed by atoms with Gasteiger partial charge in [-0.1, -0.05) is 24.3 Å². The lowest BCUT2D eigenvalue weighted by Gasteiger charge is -2.23. The highest BCUT2D eigenvalue weighted by Gasteiger charge is 2.26. The molecule has 0 bridgehead atoms. The van der Waals surface area contributed by atoms with Crippen LogP contribution in [0.3, 0.4) is 0 Å². The summed E-state index contributed by atoms with van der Waals surface area (Å²) in [6.07, 6.45) is 2.54. The molecule has 0 saturated heterocycles. The lowest BCUT2D eigenvalue weighted by atomic mass is 9.89. The summed E-state index contributed by atoms with van der Waals surface area (Å²) in [4.78, 5) is 8.39. The van der Waals surface area contributed by atoms with Crippen LogP contribution in [0.4, 0.5) is 4.39 Å². The monoisotopic (exact) mass is 376 g/mol. The maximum atomic E-state index is 14.2. The molecule has 0 radical (unpaired) electrons. The largest absolute Gasteiger partial charge is 0.494 e. The predicted molar refractivity (Wildman–Crippen MR) is 107 cm³/mol. The average Bonchev–Trinajstić information content (AvgIpc) is 3.08. The van der Waals surface area contributed by atoms with E-state index in [0.717, 1.165) is 63.6 Å². The maximum absolute atomic E-state index is 14.2. The first-order chi connectivity index (χ1) is 13.7. The first-order valence-electron chi connectivity index (χ1n) is 9.58. The first kappa shape index (κ1) is 17.2. The summed E-state index contributed by atoms with van der Waals surface area (Å²) in [5.41, 5.74) is 5.57. The van der Waals surface area contributed by atoms with Gasteiger partial charge in [0.2, 0.25) is 0 Å². The number of fused-ring (bicyclic) bond motifs is 5. The number of H-pyrrole nitrogens is 1. The van der Waals surface area contributed by atoms with Gasteiger partial charge in [-0.25, -0.2) is 4.39 Å². The van der Waals surface area contributed by atoms with Gasteiger partial charge in [-0.3, -0.25) is 4.98 Å². The number of hydrogen-bond acceptors (Lipinski definition) is 3. The van der Waals surface area contributed by atoms with Gasteiger partial charge in [0.05, 0.1) is 24.4 Å². The zero-order valence-electron chi connectivity index (χ0n) is 15.6. The van der Waals surface area contributed by atoms with Crippen LogP contribution < -0.4 is 4.74 Å². The molecule has 1 aliphatic carbocycles. The van der Waals surface area contributed by atoms with Gasteiger partial charge in [0.15, 0.2) is 11.6 Å². The van der Waals surface area contributed by atoms with Gasteiger partial charge < -0.3 is 14.8 Å². The zero-order valence-corrected chi connectivity index (χ0v) is 15.6. The number of benzene rings is 2. The van der Waals surface area contributed by atoms with Gasteiger partial charge in [-0.15, -0.1) is 0 Å². The molecule has 142 valence electrons. The molecular formula is C23H21FN2O2. The van der Waals surface area contributed by atoms with Crippen molar-refractivity contribution in [2.45, 2.75) is 31.8 Å². The van der Waals surface area contributed by atoms with Gasteiger partial charge in [0.25, 0.3) is 0 Å². The molecule has 2 aromatic heterocycles. The Hall–Kier alpha value is -2.92. The van der Waals surface area contributed by atoms with Crippen molar-refractivity contribution >= 4 is 21.8 Å². The molecule has 4 aromatic rings. The zero-order chi connectivity index (χ0) is 19.3. The van der Waals surface area contributed by atoms with Crippen LogP contribution in [0.15, 0.2) is 42.5 Å². The van der Waals surface area contributed by atoms with Crippen molar-refractivity contribution in [1.29, 1.82) is 0 Å². The number of para-hydroxylation sites is 1. The van der Waals surface area contributed by atoms with E-state index >= 15 is 0 Å². The molecule has 1 atom stereocenters. The Bertz CT molecular complexity index is 1200. The summed E-state index contributed by atoms with van der Waals surface area (Å²) in [7, 11) is 1.46. The van der Waals surface area contributed by atoms with Crippen molar-refractivity contribution in [1.82, 2.24) is 9.97 Å². The number of hydrogen-bond donors (Lipinski definition) is 2. The van der Waals surface area contributed by atoms with Crippen LogP contribution in [-0.2, 0) is 12.8 Å². The number of aromatic amines is 1. The fraction of sp³-hybridized carbons (Fsp3) is 0.261. The van der Waals surface area contributed by atoms with Gasteiger partial charge in [-0.2, -0.15) is 0 Å². The summed E-state index contributed by atoms with van der Waals surface area (Å²) in [6.45, 7) is 0. The number of ether oxygens (including phenoxy) is 1. The molecule has 2 N–H and O–H groups in total. The molecular weight excluding hydrogens is 355 g/mol. The van der Waals surface area contributed by atoms with Crippen LogP contribution in [0.25, 0.3) is 21.8 Å². The Kier molecular flexibility index (Phi) is 4.05. The Morgan fingerprint density at radius 3 is 2.93 bits per heavy atom. The van der Waals surface area contributed by atoms with E-state index in [1.54, 1.807) is 6.07 Å². The minimum Gasteiger partial charge on any atom is -0.494 e. The van der Waals surface area contributed by atoms with Gasteiger partial charge in [0, 0.05) is 34.0 Å². The topological polar surface area (TPSA) is 58.1 Å². The molecule has 28 heavy (non-hydrogen) atoms. The molecule has 0 fully saturated rings. The SMILES string of the molecule is COc1ccc(Cc2nc3c(c4c2[nH]c2ccccc24)[C@H](O)CCC3)cc1F. The summed E-state index contributed by atoms with van der Waals surface area (Å²) in [5.74, 6) is -0.137. The third kappa shape index (κ3) is 2.66. The standard InChI is InChI=1S/C23H21FN2O2/c1-28-20-10-9-13(11-15(20)24)12-18-23-21(14-5-2-3-6-16(14)26-23)22-17(25-18)7-4-8-19(22)27/h2-3,5-6,9-11,19,26-27H,4,7-8,12H2,1H3/t19-/m1/s1. The van der Waals surface area contributed by atoms with E-state index in [0.29, 0.717) is 6.42 Å². The summed E-state index contributed by atoms with van der Waals surface area (Å²) in [6, 6.07) is 13.1. The summed E-state index contributed by atoms with van der Waals surface area (Å²) >= 11 is 0.